The van der Waals surface area contributed by atoms with Crippen LogP contribution in [0.5, 0.6) is 0 Å². The number of benzene rings is 1. The van der Waals surface area contributed by atoms with E-state index in [4.69, 9.17) is 4.74 Å². The second-order valence-electron chi connectivity index (χ2n) is 6.38. The highest BCUT2D eigenvalue weighted by Crippen LogP contribution is 2.28. The Morgan fingerprint density at radius 3 is 2.52 bits per heavy atom. The zero-order valence-electron chi connectivity index (χ0n) is 13.0. The van der Waals surface area contributed by atoms with Crippen molar-refractivity contribution >= 4 is 18.6 Å². The molecule has 2 rings (SSSR count). The molecular weight excluding hydrogens is 282 g/mol. The molecule has 1 aliphatic rings. The maximum absolute atomic E-state index is 12.1. The van der Waals surface area contributed by atoms with E-state index >= 15 is 0 Å². The summed E-state index contributed by atoms with van der Waals surface area (Å²) >= 11 is 4.26. The average Bonchev–Trinajstić information content (AvgIpc) is 2.47. The topological polar surface area (TPSA) is 42.9 Å². The number of piperidine rings is 1. The summed E-state index contributed by atoms with van der Waals surface area (Å²) in [7, 11) is 0. The van der Waals surface area contributed by atoms with E-state index in [0.29, 0.717) is 12.3 Å². The van der Waals surface area contributed by atoms with Gasteiger partial charge in [-0.05, 0) is 38.0 Å². The molecule has 1 heterocycles. The number of thiol groups is 1. The van der Waals surface area contributed by atoms with Crippen molar-refractivity contribution in [2.75, 3.05) is 13.1 Å². The van der Waals surface area contributed by atoms with Gasteiger partial charge in [0.25, 0.3) is 0 Å². The standard InChI is InChI=1S/C17H25NO2S/c1-17(2,14-9-11-18-12-10-14)20-16(19)8-5-13-3-6-15(21)7-4-13/h3-4,6-7,14,18,21H,5,8-12H2,1-2H3/p+1. The van der Waals surface area contributed by atoms with Gasteiger partial charge in [0, 0.05) is 30.1 Å². The molecule has 1 saturated heterocycles. The fraction of sp³-hybridized carbons (Fsp3) is 0.588. The number of esters is 1. The van der Waals surface area contributed by atoms with Crippen molar-refractivity contribution in [3.63, 3.8) is 0 Å². The van der Waals surface area contributed by atoms with Crippen molar-refractivity contribution in [2.24, 2.45) is 5.92 Å². The van der Waals surface area contributed by atoms with Gasteiger partial charge in [-0.1, -0.05) is 12.1 Å². The molecule has 3 nitrogen and oxygen atoms in total. The van der Waals surface area contributed by atoms with Crippen LogP contribution in [-0.2, 0) is 16.0 Å². The third-order valence-electron chi connectivity index (χ3n) is 4.35. The first-order valence-corrected chi connectivity index (χ1v) is 8.23. The molecule has 0 spiro atoms. The van der Waals surface area contributed by atoms with Gasteiger partial charge in [-0.3, -0.25) is 4.79 Å². The van der Waals surface area contributed by atoms with E-state index in [1.807, 2.05) is 24.3 Å². The molecule has 0 saturated carbocycles. The van der Waals surface area contributed by atoms with Crippen LogP contribution >= 0.6 is 12.6 Å². The first-order valence-electron chi connectivity index (χ1n) is 7.79. The molecule has 4 heteroatoms. The minimum Gasteiger partial charge on any atom is -0.459 e. The molecule has 1 fully saturated rings. The van der Waals surface area contributed by atoms with Crippen LogP contribution in [0, 0.1) is 5.92 Å². The van der Waals surface area contributed by atoms with Gasteiger partial charge in [0.05, 0.1) is 13.1 Å². The van der Waals surface area contributed by atoms with Crippen molar-refractivity contribution in [2.45, 2.75) is 50.0 Å². The summed E-state index contributed by atoms with van der Waals surface area (Å²) < 4.78 is 5.75. The molecule has 0 aromatic heterocycles. The van der Waals surface area contributed by atoms with E-state index in [9.17, 15) is 4.79 Å². The van der Waals surface area contributed by atoms with Gasteiger partial charge in [-0.25, -0.2) is 0 Å². The Morgan fingerprint density at radius 1 is 1.29 bits per heavy atom. The molecule has 1 aromatic rings. The van der Waals surface area contributed by atoms with Gasteiger partial charge in [-0.2, -0.15) is 0 Å². The Kier molecular flexibility index (Phi) is 5.71. The lowest BCUT2D eigenvalue weighted by Gasteiger charge is -2.35. The lowest BCUT2D eigenvalue weighted by Crippen LogP contribution is -2.86. The highest BCUT2D eigenvalue weighted by Gasteiger charge is 2.35. The number of hydrogen-bond acceptors (Lipinski definition) is 3. The van der Waals surface area contributed by atoms with Crippen molar-refractivity contribution in [3.05, 3.63) is 29.8 Å². The summed E-state index contributed by atoms with van der Waals surface area (Å²) in [4.78, 5) is 13.0. The quantitative estimate of drug-likeness (QED) is 0.647. The Balaban J connectivity index is 1.81. The number of hydrogen-bond donors (Lipinski definition) is 2. The summed E-state index contributed by atoms with van der Waals surface area (Å²) in [5.74, 6) is 0.388. The molecule has 116 valence electrons. The number of carbonyl (C=O) groups is 1. The molecule has 1 aromatic carbocycles. The number of aryl methyl sites for hydroxylation is 1. The van der Waals surface area contributed by atoms with Crippen molar-refractivity contribution in [3.8, 4) is 0 Å². The van der Waals surface area contributed by atoms with Crippen molar-refractivity contribution < 1.29 is 14.8 Å². The lowest BCUT2D eigenvalue weighted by molar-refractivity contribution is -0.665. The van der Waals surface area contributed by atoms with Gasteiger partial charge >= 0.3 is 5.97 Å². The van der Waals surface area contributed by atoms with Crippen LogP contribution in [0.15, 0.2) is 29.2 Å². The molecule has 0 atom stereocenters. The lowest BCUT2D eigenvalue weighted by atomic mass is 9.83. The van der Waals surface area contributed by atoms with Crippen LogP contribution in [0.2, 0.25) is 0 Å². The molecule has 1 aliphatic heterocycles. The molecular formula is C17H26NO2S+. The van der Waals surface area contributed by atoms with Crippen LogP contribution in [0.4, 0.5) is 0 Å². The predicted octanol–water partition coefficient (Wildman–Crippen LogP) is 2.20. The molecule has 0 unspecified atom stereocenters. The zero-order chi connectivity index (χ0) is 15.3. The third-order valence-corrected chi connectivity index (χ3v) is 4.65. The minimum absolute atomic E-state index is 0.0931. The van der Waals surface area contributed by atoms with Gasteiger partial charge < -0.3 is 10.1 Å². The highest BCUT2D eigenvalue weighted by molar-refractivity contribution is 7.80. The first kappa shape index (κ1) is 16.4. The van der Waals surface area contributed by atoms with E-state index in [-0.39, 0.29) is 11.6 Å². The predicted molar refractivity (Wildman–Crippen MR) is 86.6 cm³/mol. The Labute approximate surface area is 132 Å². The summed E-state index contributed by atoms with van der Waals surface area (Å²) in [5, 5.41) is 2.33. The zero-order valence-corrected chi connectivity index (χ0v) is 13.9. The first-order chi connectivity index (χ1) is 9.97. The highest BCUT2D eigenvalue weighted by atomic mass is 32.1. The van der Waals surface area contributed by atoms with Crippen molar-refractivity contribution in [1.82, 2.24) is 0 Å². The van der Waals surface area contributed by atoms with Gasteiger partial charge in [0.2, 0.25) is 0 Å². The van der Waals surface area contributed by atoms with E-state index in [0.717, 1.165) is 42.8 Å². The minimum atomic E-state index is -0.347. The second kappa shape index (κ2) is 7.32. The smallest absolute Gasteiger partial charge is 0.306 e. The van der Waals surface area contributed by atoms with Gasteiger partial charge in [0.1, 0.15) is 5.60 Å². The molecule has 0 aliphatic carbocycles. The number of quaternary nitrogens is 1. The molecule has 0 bridgehead atoms. The monoisotopic (exact) mass is 308 g/mol. The SMILES string of the molecule is CC(C)(OC(=O)CCc1ccc(S)cc1)C1CC[NH2+]CC1. The van der Waals surface area contributed by atoms with E-state index in [1.54, 1.807) is 0 Å². The molecule has 0 radical (unpaired) electrons. The van der Waals surface area contributed by atoms with Crippen LogP contribution in [0.25, 0.3) is 0 Å². The molecule has 21 heavy (non-hydrogen) atoms. The Morgan fingerprint density at radius 2 is 1.90 bits per heavy atom. The van der Waals surface area contributed by atoms with Crippen LogP contribution in [0.1, 0.15) is 38.7 Å². The summed E-state index contributed by atoms with van der Waals surface area (Å²) in [6, 6.07) is 7.92. The van der Waals surface area contributed by atoms with Gasteiger partial charge in [0.15, 0.2) is 0 Å². The normalized spacial score (nSPS) is 16.7. The van der Waals surface area contributed by atoms with Crippen LogP contribution in [0.3, 0.4) is 0 Å². The Bertz CT molecular complexity index is 464. The third kappa shape index (κ3) is 5.04. The fourth-order valence-electron chi connectivity index (χ4n) is 2.96. The van der Waals surface area contributed by atoms with E-state index in [2.05, 4.69) is 31.8 Å². The maximum atomic E-state index is 12.1. The summed E-state index contributed by atoms with van der Waals surface area (Å²) in [5.41, 5.74) is 0.801. The summed E-state index contributed by atoms with van der Waals surface area (Å²) in [6.45, 7) is 6.39. The Hall–Kier alpha value is -1.00. The van der Waals surface area contributed by atoms with Gasteiger partial charge in [-0.15, -0.1) is 12.6 Å². The van der Waals surface area contributed by atoms with E-state index in [1.165, 1.54) is 0 Å². The number of carbonyl (C=O) groups excluding carboxylic acids is 1. The number of ether oxygens (including phenoxy) is 1. The number of rotatable bonds is 5. The average molecular weight is 308 g/mol. The number of nitrogens with two attached hydrogens (primary N) is 1. The van der Waals surface area contributed by atoms with Crippen molar-refractivity contribution in [1.29, 1.82) is 0 Å². The molecule has 0 amide bonds. The van der Waals surface area contributed by atoms with E-state index < -0.39 is 0 Å². The van der Waals surface area contributed by atoms with Crippen LogP contribution < -0.4 is 5.32 Å². The molecule has 2 N–H and O–H groups in total. The maximum Gasteiger partial charge on any atom is 0.306 e. The second-order valence-corrected chi connectivity index (χ2v) is 6.90. The largest absolute Gasteiger partial charge is 0.459 e. The summed E-state index contributed by atoms with van der Waals surface area (Å²) in [6.07, 6.45) is 3.42. The fourth-order valence-corrected chi connectivity index (χ4v) is 3.11. The van der Waals surface area contributed by atoms with Crippen LogP contribution in [-0.4, -0.2) is 24.7 Å².